The maximum absolute atomic E-state index is 12.8. The van der Waals surface area contributed by atoms with Gasteiger partial charge in [0.25, 0.3) is 5.91 Å². The first-order valence-electron chi connectivity index (χ1n) is 10.2. The first kappa shape index (κ1) is 20.1. The summed E-state index contributed by atoms with van der Waals surface area (Å²) >= 11 is 3.43. The van der Waals surface area contributed by atoms with Crippen LogP contribution in [0.3, 0.4) is 0 Å². The van der Waals surface area contributed by atoms with E-state index in [1.807, 2.05) is 91.0 Å². The first-order valence-corrected chi connectivity index (χ1v) is 11.0. The molecule has 5 aromatic rings. The Morgan fingerprint density at radius 1 is 0.656 bits per heavy atom. The predicted octanol–water partition coefficient (Wildman–Crippen LogP) is 6.98. The summed E-state index contributed by atoms with van der Waals surface area (Å²) in [4.78, 5) is 22.7. The third-order valence-electron chi connectivity index (χ3n) is 5.10. The summed E-state index contributed by atoms with van der Waals surface area (Å²) in [5.74, 6) is -0.194. The van der Waals surface area contributed by atoms with Crippen LogP contribution in [0.4, 0.5) is 5.69 Å². The number of anilines is 1. The Labute approximate surface area is 194 Å². The summed E-state index contributed by atoms with van der Waals surface area (Å²) in [5, 5.41) is 2.93. The van der Waals surface area contributed by atoms with Crippen LogP contribution in [0.25, 0.3) is 33.5 Å². The number of aromatic nitrogens is 2. The van der Waals surface area contributed by atoms with Crippen LogP contribution in [0, 0.1) is 0 Å². The van der Waals surface area contributed by atoms with Crippen molar-refractivity contribution in [2.75, 3.05) is 5.32 Å². The number of rotatable bonds is 4. The second-order valence-corrected chi connectivity index (χ2v) is 8.24. The normalized spacial score (nSPS) is 10.8. The highest BCUT2D eigenvalue weighted by molar-refractivity contribution is 9.10. The average Bonchev–Trinajstić information content (AvgIpc) is 2.84. The Bertz CT molecular complexity index is 1420. The number of hydrogen-bond donors (Lipinski definition) is 1. The molecule has 5 heteroatoms. The molecule has 0 radical (unpaired) electrons. The van der Waals surface area contributed by atoms with Gasteiger partial charge >= 0.3 is 0 Å². The zero-order valence-electron chi connectivity index (χ0n) is 17.0. The van der Waals surface area contributed by atoms with Crippen molar-refractivity contribution in [1.82, 2.24) is 9.97 Å². The molecule has 0 unspecified atom stereocenters. The molecule has 5 rings (SSSR count). The summed E-state index contributed by atoms with van der Waals surface area (Å²) in [5.41, 5.74) is 6.23. The number of benzene rings is 4. The zero-order valence-corrected chi connectivity index (χ0v) is 18.6. The lowest BCUT2D eigenvalue weighted by Gasteiger charge is -2.11. The van der Waals surface area contributed by atoms with E-state index in [1.165, 1.54) is 0 Å². The minimum Gasteiger partial charge on any atom is -0.322 e. The van der Waals surface area contributed by atoms with Gasteiger partial charge in [-0.05, 0) is 36.4 Å². The molecular formula is C27H18BrN3O. The molecule has 1 N–H and O–H groups in total. The van der Waals surface area contributed by atoms with Crippen molar-refractivity contribution in [2.45, 2.75) is 0 Å². The summed E-state index contributed by atoms with van der Waals surface area (Å²) in [6, 6.07) is 32.9. The van der Waals surface area contributed by atoms with Gasteiger partial charge in [0.1, 0.15) is 0 Å². The van der Waals surface area contributed by atoms with E-state index in [2.05, 4.69) is 21.2 Å². The van der Waals surface area contributed by atoms with Crippen molar-refractivity contribution in [3.8, 4) is 22.5 Å². The molecule has 0 saturated carbocycles. The highest BCUT2D eigenvalue weighted by Gasteiger charge is 2.15. The van der Waals surface area contributed by atoms with E-state index in [0.717, 1.165) is 38.2 Å². The highest BCUT2D eigenvalue weighted by atomic mass is 79.9. The minimum absolute atomic E-state index is 0.194. The lowest BCUT2D eigenvalue weighted by atomic mass is 10.0. The molecule has 0 saturated heterocycles. The molecule has 0 aliphatic carbocycles. The van der Waals surface area contributed by atoms with Gasteiger partial charge in [-0.3, -0.25) is 4.79 Å². The number of halogens is 1. The van der Waals surface area contributed by atoms with Crippen molar-refractivity contribution in [3.63, 3.8) is 0 Å². The van der Waals surface area contributed by atoms with Gasteiger partial charge in [0.05, 0.1) is 22.4 Å². The van der Waals surface area contributed by atoms with Gasteiger partial charge in [-0.25, -0.2) is 9.97 Å². The molecular weight excluding hydrogens is 462 g/mol. The molecule has 1 amide bonds. The van der Waals surface area contributed by atoms with Gasteiger partial charge in [0.15, 0.2) is 0 Å². The maximum Gasteiger partial charge on any atom is 0.255 e. The number of nitrogens with one attached hydrogen (secondary N) is 1. The zero-order chi connectivity index (χ0) is 21.9. The number of hydrogen-bond acceptors (Lipinski definition) is 3. The lowest BCUT2D eigenvalue weighted by Crippen LogP contribution is -2.12. The first-order chi connectivity index (χ1) is 15.7. The lowest BCUT2D eigenvalue weighted by molar-refractivity contribution is 0.102. The molecule has 0 fully saturated rings. The van der Waals surface area contributed by atoms with Gasteiger partial charge in [-0.1, -0.05) is 82.7 Å². The van der Waals surface area contributed by atoms with Crippen molar-refractivity contribution < 1.29 is 4.79 Å². The Morgan fingerprint density at radius 2 is 1.28 bits per heavy atom. The number of fused-ring (bicyclic) bond motifs is 1. The topological polar surface area (TPSA) is 54.9 Å². The molecule has 154 valence electrons. The molecule has 0 bridgehead atoms. The van der Waals surface area contributed by atoms with Crippen LogP contribution in [0.5, 0.6) is 0 Å². The van der Waals surface area contributed by atoms with Crippen LogP contribution in [-0.4, -0.2) is 15.9 Å². The van der Waals surface area contributed by atoms with E-state index >= 15 is 0 Å². The largest absolute Gasteiger partial charge is 0.322 e. The molecule has 0 spiro atoms. The van der Waals surface area contributed by atoms with E-state index < -0.39 is 0 Å². The van der Waals surface area contributed by atoms with Crippen molar-refractivity contribution in [3.05, 3.63) is 113 Å². The molecule has 1 heterocycles. The number of carbonyl (C=O) groups is 1. The quantitative estimate of drug-likeness (QED) is 0.302. The summed E-state index contributed by atoms with van der Waals surface area (Å²) in [7, 11) is 0. The van der Waals surface area contributed by atoms with Gasteiger partial charge in [-0.2, -0.15) is 0 Å². The molecule has 4 nitrogen and oxygen atoms in total. The van der Waals surface area contributed by atoms with E-state index in [9.17, 15) is 4.79 Å². The maximum atomic E-state index is 12.8. The van der Waals surface area contributed by atoms with E-state index in [1.54, 1.807) is 12.1 Å². The number of amides is 1. The van der Waals surface area contributed by atoms with Crippen LogP contribution in [0.1, 0.15) is 10.4 Å². The monoisotopic (exact) mass is 479 g/mol. The van der Waals surface area contributed by atoms with Crippen molar-refractivity contribution in [2.24, 2.45) is 0 Å². The Kier molecular flexibility index (Phi) is 5.48. The summed E-state index contributed by atoms with van der Waals surface area (Å²) in [6.07, 6.45) is 0. The van der Waals surface area contributed by atoms with E-state index in [4.69, 9.17) is 9.97 Å². The number of carbonyl (C=O) groups excluding carboxylic acids is 1. The predicted molar refractivity (Wildman–Crippen MR) is 133 cm³/mol. The summed E-state index contributed by atoms with van der Waals surface area (Å²) < 4.78 is 0.903. The molecule has 32 heavy (non-hydrogen) atoms. The standard InChI is InChI=1S/C27H18BrN3O/c28-21-12-7-13-22(17-21)29-27(32)20-14-15-23-24(16-20)31-26(19-10-5-2-6-11-19)25(30-23)18-8-3-1-4-9-18/h1-17H,(H,29,32). The van der Waals surface area contributed by atoms with Crippen LogP contribution < -0.4 is 5.32 Å². The third kappa shape index (κ3) is 4.15. The second kappa shape index (κ2) is 8.73. The van der Waals surface area contributed by atoms with Crippen LogP contribution >= 0.6 is 15.9 Å². The fourth-order valence-corrected chi connectivity index (χ4v) is 3.96. The fraction of sp³-hybridized carbons (Fsp3) is 0. The van der Waals surface area contributed by atoms with Crippen molar-refractivity contribution in [1.29, 1.82) is 0 Å². The SMILES string of the molecule is O=C(Nc1cccc(Br)c1)c1ccc2nc(-c3ccccc3)c(-c3ccccc3)nc2c1. The molecule has 0 aliphatic heterocycles. The Morgan fingerprint density at radius 3 is 1.91 bits per heavy atom. The second-order valence-electron chi connectivity index (χ2n) is 7.32. The van der Waals surface area contributed by atoms with Crippen LogP contribution in [-0.2, 0) is 0 Å². The third-order valence-corrected chi connectivity index (χ3v) is 5.60. The highest BCUT2D eigenvalue weighted by Crippen LogP contribution is 2.31. The Hall–Kier alpha value is -3.83. The molecule has 0 aliphatic rings. The van der Waals surface area contributed by atoms with Gasteiger partial charge in [-0.15, -0.1) is 0 Å². The molecule has 0 atom stereocenters. The summed E-state index contributed by atoms with van der Waals surface area (Å²) in [6.45, 7) is 0. The van der Waals surface area contributed by atoms with E-state index in [0.29, 0.717) is 11.1 Å². The van der Waals surface area contributed by atoms with Crippen molar-refractivity contribution >= 4 is 38.6 Å². The van der Waals surface area contributed by atoms with Crippen LogP contribution in [0.2, 0.25) is 0 Å². The van der Waals surface area contributed by atoms with E-state index in [-0.39, 0.29) is 5.91 Å². The van der Waals surface area contributed by atoms with Crippen LogP contribution in [0.15, 0.2) is 108 Å². The molecule has 4 aromatic carbocycles. The number of nitrogens with zero attached hydrogens (tertiary/aromatic N) is 2. The smallest absolute Gasteiger partial charge is 0.255 e. The van der Waals surface area contributed by atoms with Gasteiger partial charge in [0.2, 0.25) is 0 Å². The minimum atomic E-state index is -0.194. The fourth-order valence-electron chi connectivity index (χ4n) is 3.56. The molecule has 1 aromatic heterocycles. The Balaban J connectivity index is 1.59. The van der Waals surface area contributed by atoms with Gasteiger partial charge < -0.3 is 5.32 Å². The average molecular weight is 480 g/mol. The van der Waals surface area contributed by atoms with Gasteiger partial charge in [0, 0.05) is 26.9 Å².